The van der Waals surface area contributed by atoms with Crippen molar-refractivity contribution in [1.29, 1.82) is 0 Å². The van der Waals surface area contributed by atoms with Gasteiger partial charge >= 0.3 is 5.97 Å². The predicted octanol–water partition coefficient (Wildman–Crippen LogP) is 4.81. The fourth-order valence-electron chi connectivity index (χ4n) is 6.85. The monoisotopic (exact) mass is 672 g/mol. The third kappa shape index (κ3) is 11.9. The second-order valence-corrected chi connectivity index (χ2v) is 13.1. The van der Waals surface area contributed by atoms with E-state index in [1.165, 1.54) is 11.6 Å². The molecule has 2 heterocycles. The Labute approximate surface area is 288 Å². The van der Waals surface area contributed by atoms with Crippen LogP contribution < -0.4 is 22.1 Å². The number of carbonyl (C=O) groups is 3. The molecule has 9 N–H and O–H groups in total. The fourth-order valence-corrected chi connectivity index (χ4v) is 6.85. The number of aldehydes is 2. The number of aliphatic hydroxyl groups excluding tert-OH is 1. The highest BCUT2D eigenvalue weighted by atomic mass is 16.4. The summed E-state index contributed by atoms with van der Waals surface area (Å²) in [6.45, 7) is 0.593. The van der Waals surface area contributed by atoms with E-state index in [0.29, 0.717) is 50.2 Å². The second-order valence-electron chi connectivity index (χ2n) is 13.1. The number of benzene rings is 2. The lowest BCUT2D eigenvalue weighted by molar-refractivity contribution is -0.131. The van der Waals surface area contributed by atoms with Gasteiger partial charge in [-0.3, -0.25) is 4.99 Å². The van der Waals surface area contributed by atoms with Gasteiger partial charge in [0.25, 0.3) is 0 Å². The van der Waals surface area contributed by atoms with Crippen LogP contribution in [0.4, 0.5) is 5.82 Å². The fraction of sp³-hybridized carbons (Fsp3) is 0.474. The number of fused-ring (bicyclic) bond motifs is 1. The van der Waals surface area contributed by atoms with Gasteiger partial charge in [0.2, 0.25) is 0 Å². The summed E-state index contributed by atoms with van der Waals surface area (Å²) in [7, 11) is 0. The first kappa shape index (κ1) is 37.3. The summed E-state index contributed by atoms with van der Waals surface area (Å²) < 4.78 is 0. The van der Waals surface area contributed by atoms with E-state index in [1.807, 2.05) is 30.5 Å². The Morgan fingerprint density at radius 1 is 1.00 bits per heavy atom. The van der Waals surface area contributed by atoms with Gasteiger partial charge in [-0.05, 0) is 103 Å². The zero-order valence-corrected chi connectivity index (χ0v) is 28.2. The Balaban J connectivity index is 1.56. The van der Waals surface area contributed by atoms with Crippen LogP contribution in [0.1, 0.15) is 81.3 Å². The maximum Gasteiger partial charge on any atom is 0.328 e. The zero-order valence-electron chi connectivity index (χ0n) is 28.2. The van der Waals surface area contributed by atoms with Crippen molar-refractivity contribution in [2.75, 3.05) is 18.5 Å². The first-order valence-corrected chi connectivity index (χ1v) is 17.5. The Kier molecular flexibility index (Phi) is 14.9. The number of anilines is 1. The van der Waals surface area contributed by atoms with Gasteiger partial charge in [0, 0.05) is 43.8 Å². The number of H-pyrrole nitrogens is 1. The maximum absolute atomic E-state index is 12.1. The molecule has 4 rings (SSSR count). The summed E-state index contributed by atoms with van der Waals surface area (Å²) in [6.07, 6.45) is 12.8. The minimum absolute atomic E-state index is 0.0309. The lowest BCUT2D eigenvalue weighted by Crippen LogP contribution is -2.48. The van der Waals surface area contributed by atoms with Crippen LogP contribution in [0.5, 0.6) is 0 Å². The average Bonchev–Trinajstić information content (AvgIpc) is 3.61. The summed E-state index contributed by atoms with van der Waals surface area (Å²) in [5, 5.41) is 28.0. The van der Waals surface area contributed by atoms with Crippen molar-refractivity contribution in [3.05, 3.63) is 77.5 Å². The molecule has 264 valence electrons. The van der Waals surface area contributed by atoms with E-state index in [9.17, 15) is 19.5 Å². The maximum atomic E-state index is 12.1. The van der Waals surface area contributed by atoms with Crippen molar-refractivity contribution in [3.63, 3.8) is 0 Å². The molecule has 3 aromatic rings. The van der Waals surface area contributed by atoms with Crippen molar-refractivity contribution in [2.45, 2.75) is 94.7 Å². The lowest BCUT2D eigenvalue weighted by Gasteiger charge is -2.32. The highest BCUT2D eigenvalue weighted by Gasteiger charge is 2.28. The molecule has 0 aliphatic carbocycles. The quantitative estimate of drug-likeness (QED) is 0.0579. The van der Waals surface area contributed by atoms with Crippen LogP contribution in [-0.2, 0) is 20.8 Å². The number of guanidine groups is 1. The topological polar surface area (TPSA) is 196 Å². The number of carbonyl (C=O) groups excluding carboxylic acids is 2. The van der Waals surface area contributed by atoms with Gasteiger partial charge in [0.05, 0.1) is 12.1 Å². The normalized spacial score (nSPS) is 17.4. The van der Waals surface area contributed by atoms with E-state index in [4.69, 9.17) is 16.6 Å². The summed E-state index contributed by atoms with van der Waals surface area (Å²) in [5.41, 5.74) is 15.4. The number of aromatic amines is 1. The highest BCUT2D eigenvalue weighted by Crippen LogP contribution is 2.33. The Morgan fingerprint density at radius 2 is 1.84 bits per heavy atom. The van der Waals surface area contributed by atoms with Crippen molar-refractivity contribution >= 4 is 41.1 Å². The molecule has 1 aliphatic heterocycles. The molecule has 0 saturated carbocycles. The molecular weight excluding hydrogens is 620 g/mol. The molecular formula is C38H52N6O5. The van der Waals surface area contributed by atoms with Crippen molar-refractivity contribution in [3.8, 4) is 0 Å². The number of hydrogen-bond donors (Lipinski definition) is 7. The first-order valence-electron chi connectivity index (χ1n) is 17.5. The molecule has 0 fully saturated rings. The largest absolute Gasteiger partial charge is 0.478 e. The molecule has 5 atom stereocenters. The second kappa shape index (κ2) is 19.5. The molecule has 0 spiro atoms. The molecule has 11 nitrogen and oxygen atoms in total. The number of aliphatic imine (C=N–C) groups is 1. The Hall–Kier alpha value is -4.48. The van der Waals surface area contributed by atoms with Crippen molar-refractivity contribution in [1.82, 2.24) is 10.3 Å². The third-order valence-electron chi connectivity index (χ3n) is 9.53. The first-order chi connectivity index (χ1) is 23.8. The van der Waals surface area contributed by atoms with Crippen LogP contribution >= 0.6 is 0 Å². The average molecular weight is 673 g/mol. The number of nitrogens with zero attached hydrogens (tertiary/aromatic N) is 1. The van der Waals surface area contributed by atoms with Gasteiger partial charge in [0.1, 0.15) is 18.4 Å². The van der Waals surface area contributed by atoms with Crippen LogP contribution in [0.2, 0.25) is 0 Å². The van der Waals surface area contributed by atoms with E-state index >= 15 is 0 Å². The Morgan fingerprint density at radius 3 is 2.55 bits per heavy atom. The zero-order chi connectivity index (χ0) is 35.0. The van der Waals surface area contributed by atoms with Gasteiger partial charge in [-0.1, -0.05) is 42.8 Å². The third-order valence-corrected chi connectivity index (χ3v) is 9.53. The summed E-state index contributed by atoms with van der Waals surface area (Å²) >= 11 is 0. The summed E-state index contributed by atoms with van der Waals surface area (Å²) in [4.78, 5) is 42.3. The molecule has 2 aromatic carbocycles. The van der Waals surface area contributed by atoms with E-state index in [1.54, 1.807) is 0 Å². The molecule has 0 amide bonds. The molecule has 1 aromatic heterocycles. The summed E-state index contributed by atoms with van der Waals surface area (Å²) in [5.74, 6) is 0.157. The van der Waals surface area contributed by atoms with E-state index < -0.39 is 5.97 Å². The van der Waals surface area contributed by atoms with Crippen LogP contribution in [0.3, 0.4) is 0 Å². The van der Waals surface area contributed by atoms with E-state index in [0.717, 1.165) is 73.3 Å². The number of aliphatic hydroxyl groups is 1. The lowest BCUT2D eigenvalue weighted by atomic mass is 9.83. The standard InChI is InChI=1S/C38H52N6O5/c39-32(14-9-27(25-47)4-3-20-45)6-1-5-28(30-12-11-29-10-8-26(17-21-46)22-31(29)23-30)13-15-34(43-36-7-2-18-41-36)33(24-37(48)49)35-16-19-42-38(40)44-35/h2,7-8,10-12,18,21-25,27-28,32,34-35,41,43,45H,1,3-6,9,13-17,19-20,39H2,(H,48,49)(H3,40,42,44)/b33-24-/t27-,28-,32-,34-,35-/m1/s1. The number of nitrogens with two attached hydrogens (primary N) is 2. The molecule has 0 bridgehead atoms. The number of hydrogen-bond acceptors (Lipinski definition) is 9. The molecule has 0 saturated heterocycles. The predicted molar refractivity (Wildman–Crippen MR) is 195 cm³/mol. The molecule has 1 aliphatic rings. The minimum atomic E-state index is -1.02. The van der Waals surface area contributed by atoms with E-state index in [-0.39, 0.29) is 36.6 Å². The number of carboxylic acid groups (broad SMARTS) is 1. The smallest absolute Gasteiger partial charge is 0.328 e. The van der Waals surface area contributed by atoms with Gasteiger partial charge in [0.15, 0.2) is 5.96 Å². The number of rotatable bonds is 22. The number of aromatic nitrogens is 1. The van der Waals surface area contributed by atoms with Crippen LogP contribution in [0, 0.1) is 5.92 Å². The molecule has 0 radical (unpaired) electrons. The van der Waals surface area contributed by atoms with Crippen LogP contribution in [-0.4, -0.2) is 71.0 Å². The minimum Gasteiger partial charge on any atom is -0.478 e. The summed E-state index contributed by atoms with van der Waals surface area (Å²) in [6, 6.07) is 15.8. The Bertz CT molecular complexity index is 1560. The van der Waals surface area contributed by atoms with Crippen molar-refractivity contribution < 1.29 is 24.6 Å². The molecule has 11 heteroatoms. The van der Waals surface area contributed by atoms with E-state index in [2.05, 4.69) is 44.9 Å². The van der Waals surface area contributed by atoms with Gasteiger partial charge in [-0.25, -0.2) is 4.79 Å². The van der Waals surface area contributed by atoms with Gasteiger partial charge in [-0.2, -0.15) is 0 Å². The molecule has 0 unspecified atom stereocenters. The number of aliphatic carboxylic acids is 1. The van der Waals surface area contributed by atoms with Crippen LogP contribution in [0.15, 0.2) is 71.4 Å². The number of nitrogens with one attached hydrogen (secondary N) is 3. The SMILES string of the molecule is NC1=NCC[C@H](/C(=C\C(=O)O)[C@@H](CC[C@@H](CCC[C@@H](N)CC[C@H](C=O)CCCO)c2ccc3ccc(CC=O)cc3c2)Nc2ccc[nH]2)N1. The highest BCUT2D eigenvalue weighted by molar-refractivity contribution is 5.85. The van der Waals surface area contributed by atoms with Crippen LogP contribution in [0.25, 0.3) is 10.8 Å². The van der Waals surface area contributed by atoms with Gasteiger partial charge in [-0.15, -0.1) is 0 Å². The number of carboxylic acids is 1. The van der Waals surface area contributed by atoms with Gasteiger partial charge < -0.3 is 46.9 Å². The van der Waals surface area contributed by atoms with Crippen molar-refractivity contribution in [2.24, 2.45) is 22.4 Å². The molecule has 49 heavy (non-hydrogen) atoms.